The first-order valence-corrected chi connectivity index (χ1v) is 5.72. The van der Waals surface area contributed by atoms with Crippen LogP contribution >= 0.6 is 0 Å². The monoisotopic (exact) mass is 235 g/mol. The fraction of sp³-hybridized carbons (Fsp3) is 0.462. The lowest BCUT2D eigenvalue weighted by Crippen LogP contribution is -2.30. The van der Waals surface area contributed by atoms with Crippen LogP contribution in [0.4, 0.5) is 0 Å². The molecular weight excluding hydrogens is 218 g/mol. The lowest BCUT2D eigenvalue weighted by Gasteiger charge is -2.18. The maximum Gasteiger partial charge on any atom is 0.254 e. The molecular formula is C13H17NO3. The number of benzene rings is 1. The summed E-state index contributed by atoms with van der Waals surface area (Å²) in [5.74, 6) is -0.115. The van der Waals surface area contributed by atoms with Crippen molar-refractivity contribution in [2.75, 3.05) is 13.1 Å². The van der Waals surface area contributed by atoms with E-state index in [-0.39, 0.29) is 19.0 Å². The van der Waals surface area contributed by atoms with Crippen molar-refractivity contribution in [3.8, 4) is 0 Å². The highest BCUT2D eigenvalue weighted by Gasteiger charge is 2.33. The Morgan fingerprint density at radius 2 is 1.65 bits per heavy atom. The van der Waals surface area contributed by atoms with Crippen LogP contribution in [0.3, 0.4) is 0 Å². The van der Waals surface area contributed by atoms with Crippen LogP contribution < -0.4 is 0 Å². The normalized spacial score (nSPS) is 24.1. The van der Waals surface area contributed by atoms with E-state index in [1.54, 1.807) is 0 Å². The number of carbonyl (C=O) groups is 1. The van der Waals surface area contributed by atoms with E-state index >= 15 is 0 Å². The number of carbonyl (C=O) groups excluding carboxylic acids is 1. The molecule has 2 N–H and O–H groups in total. The molecule has 1 aromatic rings. The molecule has 1 aromatic carbocycles. The first kappa shape index (κ1) is 12.1. The summed E-state index contributed by atoms with van der Waals surface area (Å²) in [4.78, 5) is 13.8. The molecule has 0 saturated carbocycles. The zero-order valence-corrected chi connectivity index (χ0v) is 10.1. The highest BCUT2D eigenvalue weighted by molar-refractivity contribution is 5.97. The number of aliphatic hydroxyl groups excluding tert-OH is 2. The van der Waals surface area contributed by atoms with Gasteiger partial charge in [-0.05, 0) is 25.0 Å². The quantitative estimate of drug-likeness (QED) is 0.744. The van der Waals surface area contributed by atoms with Gasteiger partial charge in [-0.1, -0.05) is 18.2 Å². The standard InChI is InChI=1S/C13H17NO3/c1-8-4-3-5-9(2)12(8)13(17)14-6-10(15)11(16)7-14/h3-5,10-11,15-16H,6-7H2,1-2H3. The average Bonchev–Trinajstić information content (AvgIpc) is 2.59. The van der Waals surface area contributed by atoms with Gasteiger partial charge in [0.05, 0.1) is 12.2 Å². The van der Waals surface area contributed by atoms with Gasteiger partial charge in [0.25, 0.3) is 5.91 Å². The average molecular weight is 235 g/mol. The van der Waals surface area contributed by atoms with E-state index in [2.05, 4.69) is 0 Å². The first-order chi connectivity index (χ1) is 8.00. The van der Waals surface area contributed by atoms with E-state index in [4.69, 9.17) is 0 Å². The van der Waals surface area contributed by atoms with Crippen LogP contribution in [-0.4, -0.2) is 46.3 Å². The Morgan fingerprint density at radius 3 is 2.12 bits per heavy atom. The van der Waals surface area contributed by atoms with Crippen LogP contribution in [0.2, 0.25) is 0 Å². The van der Waals surface area contributed by atoms with Gasteiger partial charge in [-0.2, -0.15) is 0 Å². The molecule has 1 aliphatic heterocycles. The van der Waals surface area contributed by atoms with Crippen LogP contribution in [0.25, 0.3) is 0 Å². The summed E-state index contributed by atoms with van der Waals surface area (Å²) in [6, 6.07) is 5.70. The van der Waals surface area contributed by atoms with Crippen molar-refractivity contribution in [3.05, 3.63) is 34.9 Å². The molecule has 2 rings (SSSR count). The van der Waals surface area contributed by atoms with E-state index < -0.39 is 12.2 Å². The second-order valence-corrected chi connectivity index (χ2v) is 4.61. The van der Waals surface area contributed by atoms with Gasteiger partial charge in [0.2, 0.25) is 0 Å². The van der Waals surface area contributed by atoms with Crippen LogP contribution in [0.5, 0.6) is 0 Å². The van der Waals surface area contributed by atoms with Crippen LogP contribution in [0.1, 0.15) is 21.5 Å². The fourth-order valence-corrected chi connectivity index (χ4v) is 2.25. The smallest absolute Gasteiger partial charge is 0.254 e. The van der Waals surface area contributed by atoms with Crippen LogP contribution in [-0.2, 0) is 0 Å². The number of β-amino-alcohol motifs (C(OH)–C–C–N with tert-alkyl or cyclic N) is 2. The maximum absolute atomic E-state index is 12.3. The van der Waals surface area contributed by atoms with Crippen molar-refractivity contribution in [2.45, 2.75) is 26.1 Å². The lowest BCUT2D eigenvalue weighted by molar-refractivity contribution is 0.0572. The molecule has 0 bridgehead atoms. The summed E-state index contributed by atoms with van der Waals surface area (Å²) in [5.41, 5.74) is 2.52. The van der Waals surface area contributed by atoms with E-state index in [1.165, 1.54) is 4.90 Å². The largest absolute Gasteiger partial charge is 0.388 e. The van der Waals surface area contributed by atoms with Gasteiger partial charge in [0.15, 0.2) is 0 Å². The number of hydrogen-bond donors (Lipinski definition) is 2. The predicted octanol–water partition coefficient (Wildman–Crippen LogP) is 0.481. The topological polar surface area (TPSA) is 60.8 Å². The number of nitrogens with zero attached hydrogens (tertiary/aromatic N) is 1. The second-order valence-electron chi connectivity index (χ2n) is 4.61. The van der Waals surface area contributed by atoms with Crippen molar-refractivity contribution in [2.24, 2.45) is 0 Å². The summed E-state index contributed by atoms with van der Waals surface area (Å²) in [6.07, 6.45) is -1.66. The summed E-state index contributed by atoms with van der Waals surface area (Å²) in [6.45, 7) is 4.19. The predicted molar refractivity (Wildman–Crippen MR) is 63.8 cm³/mol. The molecule has 1 fully saturated rings. The van der Waals surface area contributed by atoms with Crippen LogP contribution in [0, 0.1) is 13.8 Å². The van der Waals surface area contributed by atoms with Crippen molar-refractivity contribution in [3.63, 3.8) is 0 Å². The molecule has 1 aliphatic rings. The Balaban J connectivity index is 2.27. The third kappa shape index (κ3) is 2.18. The minimum absolute atomic E-state index is 0.115. The Hall–Kier alpha value is -1.39. The van der Waals surface area contributed by atoms with Gasteiger partial charge in [-0.15, -0.1) is 0 Å². The van der Waals surface area contributed by atoms with Crippen molar-refractivity contribution < 1.29 is 15.0 Å². The second kappa shape index (κ2) is 4.47. The van der Waals surface area contributed by atoms with E-state index in [0.29, 0.717) is 5.56 Å². The summed E-state index contributed by atoms with van der Waals surface area (Å²) in [5, 5.41) is 18.9. The van der Waals surface area contributed by atoms with Crippen molar-refractivity contribution in [1.82, 2.24) is 4.90 Å². The van der Waals surface area contributed by atoms with Crippen molar-refractivity contribution >= 4 is 5.91 Å². The molecule has 4 nitrogen and oxygen atoms in total. The molecule has 2 atom stereocenters. The molecule has 4 heteroatoms. The number of amides is 1. The number of likely N-dealkylation sites (tertiary alicyclic amines) is 1. The van der Waals surface area contributed by atoms with Gasteiger partial charge in [-0.3, -0.25) is 4.79 Å². The molecule has 17 heavy (non-hydrogen) atoms. The number of aryl methyl sites for hydroxylation is 2. The number of hydrogen-bond acceptors (Lipinski definition) is 3. The highest BCUT2D eigenvalue weighted by Crippen LogP contribution is 2.19. The SMILES string of the molecule is Cc1cccc(C)c1C(=O)N1CC(O)C(O)C1. The van der Waals surface area contributed by atoms with E-state index in [0.717, 1.165) is 11.1 Å². The summed E-state index contributed by atoms with van der Waals surface area (Å²) in [7, 11) is 0. The Morgan fingerprint density at radius 1 is 1.18 bits per heavy atom. The van der Waals surface area contributed by atoms with Gasteiger partial charge >= 0.3 is 0 Å². The molecule has 1 saturated heterocycles. The zero-order valence-electron chi connectivity index (χ0n) is 10.1. The van der Waals surface area contributed by atoms with Gasteiger partial charge in [-0.25, -0.2) is 0 Å². The van der Waals surface area contributed by atoms with Gasteiger partial charge in [0, 0.05) is 18.7 Å². The molecule has 0 spiro atoms. The third-order valence-corrected chi connectivity index (χ3v) is 3.24. The molecule has 1 heterocycles. The number of aliphatic hydroxyl groups is 2. The first-order valence-electron chi connectivity index (χ1n) is 5.72. The fourth-order valence-electron chi connectivity index (χ4n) is 2.25. The van der Waals surface area contributed by atoms with Crippen LogP contribution in [0.15, 0.2) is 18.2 Å². The lowest BCUT2D eigenvalue weighted by atomic mass is 10.0. The number of rotatable bonds is 1. The zero-order chi connectivity index (χ0) is 12.6. The minimum atomic E-state index is -0.830. The third-order valence-electron chi connectivity index (χ3n) is 3.24. The van der Waals surface area contributed by atoms with Gasteiger partial charge in [0.1, 0.15) is 0 Å². The Bertz CT molecular complexity index is 414. The minimum Gasteiger partial charge on any atom is -0.388 e. The van der Waals surface area contributed by atoms with Crippen molar-refractivity contribution in [1.29, 1.82) is 0 Å². The molecule has 0 aliphatic carbocycles. The Kier molecular flexibility index (Phi) is 3.17. The van der Waals surface area contributed by atoms with E-state index in [9.17, 15) is 15.0 Å². The van der Waals surface area contributed by atoms with Gasteiger partial charge < -0.3 is 15.1 Å². The Labute approximate surface area is 100 Å². The summed E-state index contributed by atoms with van der Waals surface area (Å²) < 4.78 is 0. The van der Waals surface area contributed by atoms with E-state index in [1.807, 2.05) is 32.0 Å². The molecule has 92 valence electrons. The maximum atomic E-state index is 12.3. The molecule has 1 amide bonds. The highest BCUT2D eigenvalue weighted by atomic mass is 16.3. The molecule has 0 aromatic heterocycles. The molecule has 2 unspecified atom stereocenters. The molecule has 0 radical (unpaired) electrons. The summed E-state index contributed by atoms with van der Waals surface area (Å²) >= 11 is 0.